The molecule has 0 unspecified atom stereocenters. The number of halogens is 1. The zero-order chi connectivity index (χ0) is 13.3. The Bertz CT molecular complexity index is 392. The minimum atomic E-state index is -0.709. The number of esters is 2. The number of nitrogens with two attached hydrogens (primary N) is 1. The van der Waals surface area contributed by atoms with Gasteiger partial charge in [0.1, 0.15) is 5.88 Å². The van der Waals surface area contributed by atoms with Crippen LogP contribution in [0.2, 0.25) is 0 Å². The fourth-order valence-electron chi connectivity index (χ4n) is 0.790. The summed E-state index contributed by atoms with van der Waals surface area (Å²) in [7, 11) is 0. The minimum Gasteiger partial charge on any atom is -0.392 e. The van der Waals surface area contributed by atoms with Crippen molar-refractivity contribution in [2.75, 3.05) is 5.88 Å². The van der Waals surface area contributed by atoms with Crippen LogP contribution in [0.1, 0.15) is 17.3 Å². The van der Waals surface area contributed by atoms with Crippen molar-refractivity contribution in [1.29, 1.82) is 0 Å². The average Bonchev–Trinajstić information content (AvgIpc) is 2.30. The maximum atomic E-state index is 10.4. The van der Waals surface area contributed by atoms with Gasteiger partial charge in [-0.1, -0.05) is 18.2 Å². The molecule has 1 amide bonds. The monoisotopic (exact) mass is 257 g/mol. The van der Waals surface area contributed by atoms with Crippen LogP contribution in [-0.2, 0) is 14.3 Å². The number of hydrogen-bond acceptors (Lipinski definition) is 4. The molecular formula is C11H12ClNO4. The first kappa shape index (κ1) is 15.1. The molecule has 1 rings (SSSR count). The Morgan fingerprint density at radius 1 is 1.24 bits per heavy atom. The van der Waals surface area contributed by atoms with Gasteiger partial charge in [0, 0.05) is 12.5 Å². The number of ether oxygens (including phenoxy) is 1. The molecule has 0 fully saturated rings. The molecule has 1 aromatic rings. The van der Waals surface area contributed by atoms with E-state index < -0.39 is 11.9 Å². The molecule has 0 aliphatic rings. The maximum Gasteiger partial charge on any atom is 0.328 e. The van der Waals surface area contributed by atoms with Gasteiger partial charge in [0.05, 0.1) is 0 Å². The first-order chi connectivity index (χ1) is 7.97. The van der Waals surface area contributed by atoms with Gasteiger partial charge in [-0.3, -0.25) is 14.4 Å². The van der Waals surface area contributed by atoms with Crippen LogP contribution in [0.5, 0.6) is 0 Å². The molecule has 5 nitrogen and oxygen atoms in total. The van der Waals surface area contributed by atoms with E-state index in [1.165, 1.54) is 0 Å². The van der Waals surface area contributed by atoms with Crippen LogP contribution in [0.3, 0.4) is 0 Å². The molecule has 92 valence electrons. The molecule has 0 atom stereocenters. The smallest absolute Gasteiger partial charge is 0.328 e. The Morgan fingerprint density at radius 3 is 2.00 bits per heavy atom. The summed E-state index contributed by atoms with van der Waals surface area (Å²) in [4.78, 5) is 30.4. The highest BCUT2D eigenvalue weighted by Crippen LogP contribution is 1.94. The van der Waals surface area contributed by atoms with Crippen molar-refractivity contribution in [3.8, 4) is 0 Å². The zero-order valence-electron chi connectivity index (χ0n) is 9.18. The summed E-state index contributed by atoms with van der Waals surface area (Å²) in [5, 5.41) is 0. The second-order valence-electron chi connectivity index (χ2n) is 2.83. The van der Waals surface area contributed by atoms with Crippen molar-refractivity contribution in [1.82, 2.24) is 0 Å². The number of benzene rings is 1. The molecule has 0 aliphatic carbocycles. The van der Waals surface area contributed by atoms with E-state index in [1.807, 2.05) is 6.07 Å². The third-order valence-corrected chi connectivity index (χ3v) is 1.64. The van der Waals surface area contributed by atoms with Crippen LogP contribution >= 0.6 is 11.6 Å². The molecule has 17 heavy (non-hydrogen) atoms. The van der Waals surface area contributed by atoms with Gasteiger partial charge in [-0.25, -0.2) is 0 Å². The summed E-state index contributed by atoms with van der Waals surface area (Å²) in [6.07, 6.45) is 0. The molecular weight excluding hydrogens is 246 g/mol. The summed E-state index contributed by atoms with van der Waals surface area (Å²) in [6, 6.07) is 8.76. The van der Waals surface area contributed by atoms with Crippen LogP contribution in [0.15, 0.2) is 30.3 Å². The van der Waals surface area contributed by atoms with Crippen LogP contribution in [0.25, 0.3) is 0 Å². The van der Waals surface area contributed by atoms with Crippen LogP contribution in [0, 0.1) is 0 Å². The van der Waals surface area contributed by atoms with Crippen LogP contribution in [-0.4, -0.2) is 23.7 Å². The first-order valence-electron chi connectivity index (χ1n) is 4.59. The lowest BCUT2D eigenvalue weighted by Gasteiger charge is -1.91. The van der Waals surface area contributed by atoms with Crippen molar-refractivity contribution in [2.24, 2.45) is 5.73 Å². The number of rotatable bonds is 2. The van der Waals surface area contributed by atoms with Crippen molar-refractivity contribution >= 4 is 29.4 Å². The Balaban J connectivity index is 0.000000304. The molecule has 0 heterocycles. The van der Waals surface area contributed by atoms with Gasteiger partial charge in [-0.15, -0.1) is 11.6 Å². The summed E-state index contributed by atoms with van der Waals surface area (Å²) < 4.78 is 3.99. The molecule has 1 aromatic carbocycles. The SMILES string of the molecule is CC(=O)OC(=O)CCl.NC(=O)c1ccccc1. The number of primary amides is 1. The maximum absolute atomic E-state index is 10.4. The molecule has 2 N–H and O–H groups in total. The fourth-order valence-corrected chi connectivity index (χ4v) is 0.845. The second kappa shape index (κ2) is 8.29. The average molecular weight is 258 g/mol. The summed E-state index contributed by atoms with van der Waals surface area (Å²) in [5.74, 6) is -2.00. The number of alkyl halides is 1. The Hall–Kier alpha value is -1.88. The number of hydrogen-bond donors (Lipinski definition) is 1. The van der Waals surface area contributed by atoms with E-state index in [2.05, 4.69) is 4.74 Å². The highest BCUT2D eigenvalue weighted by atomic mass is 35.5. The minimum absolute atomic E-state index is 0.278. The first-order valence-corrected chi connectivity index (χ1v) is 5.13. The molecule has 0 radical (unpaired) electrons. The fraction of sp³-hybridized carbons (Fsp3) is 0.182. The van der Waals surface area contributed by atoms with Gasteiger partial charge in [0.2, 0.25) is 5.91 Å². The van der Waals surface area contributed by atoms with Crippen molar-refractivity contribution in [3.05, 3.63) is 35.9 Å². The highest BCUT2D eigenvalue weighted by molar-refractivity contribution is 6.26. The van der Waals surface area contributed by atoms with Crippen molar-refractivity contribution < 1.29 is 19.1 Å². The van der Waals surface area contributed by atoms with Gasteiger partial charge in [-0.05, 0) is 12.1 Å². The number of carbonyl (C=O) groups is 3. The lowest BCUT2D eigenvalue weighted by molar-refractivity contribution is -0.156. The highest BCUT2D eigenvalue weighted by Gasteiger charge is 2.00. The Labute approximate surface area is 104 Å². The lowest BCUT2D eigenvalue weighted by atomic mass is 10.2. The number of amides is 1. The predicted octanol–water partition coefficient (Wildman–Crippen LogP) is 1.10. The molecule has 6 heteroatoms. The van der Waals surface area contributed by atoms with E-state index in [0.717, 1.165) is 6.92 Å². The van der Waals surface area contributed by atoms with Gasteiger partial charge in [0.25, 0.3) is 0 Å². The third-order valence-electron chi connectivity index (χ3n) is 1.42. The quantitative estimate of drug-likeness (QED) is 0.488. The van der Waals surface area contributed by atoms with E-state index in [1.54, 1.807) is 24.3 Å². The van der Waals surface area contributed by atoms with E-state index in [-0.39, 0.29) is 11.8 Å². The second-order valence-corrected chi connectivity index (χ2v) is 3.10. The number of carbonyl (C=O) groups excluding carboxylic acids is 3. The van der Waals surface area contributed by atoms with Gasteiger partial charge in [-0.2, -0.15) is 0 Å². The topological polar surface area (TPSA) is 86.5 Å². The third kappa shape index (κ3) is 7.98. The largest absolute Gasteiger partial charge is 0.392 e. The molecule has 0 aromatic heterocycles. The lowest BCUT2D eigenvalue weighted by Crippen LogP contribution is -2.09. The van der Waals surface area contributed by atoms with E-state index >= 15 is 0 Å². The van der Waals surface area contributed by atoms with E-state index in [4.69, 9.17) is 17.3 Å². The van der Waals surface area contributed by atoms with Crippen molar-refractivity contribution in [2.45, 2.75) is 6.92 Å². The molecule has 0 spiro atoms. The van der Waals surface area contributed by atoms with E-state index in [0.29, 0.717) is 5.56 Å². The standard InChI is InChI=1S/C7H7NO.C4H5ClO3/c8-7(9)6-4-2-1-3-5-6;1-3(6)8-4(7)2-5/h1-5H,(H2,8,9);2H2,1H3. The zero-order valence-corrected chi connectivity index (χ0v) is 9.94. The molecule has 0 saturated heterocycles. The van der Waals surface area contributed by atoms with Gasteiger partial charge >= 0.3 is 11.9 Å². The van der Waals surface area contributed by atoms with Gasteiger partial charge in [0.15, 0.2) is 0 Å². The summed E-state index contributed by atoms with van der Waals surface area (Å²) in [6.45, 7) is 1.14. The normalized spacial score (nSPS) is 8.59. The molecule has 0 saturated carbocycles. The molecule has 0 aliphatic heterocycles. The summed E-state index contributed by atoms with van der Waals surface area (Å²) >= 11 is 4.97. The molecule has 0 bridgehead atoms. The predicted molar refractivity (Wildman–Crippen MR) is 62.5 cm³/mol. The van der Waals surface area contributed by atoms with Gasteiger partial charge < -0.3 is 10.5 Å². The van der Waals surface area contributed by atoms with Crippen molar-refractivity contribution in [3.63, 3.8) is 0 Å². The van der Waals surface area contributed by atoms with Crippen LogP contribution in [0.4, 0.5) is 0 Å². The Kier molecular flexibility index (Phi) is 7.38. The Morgan fingerprint density at radius 2 is 1.76 bits per heavy atom. The summed E-state index contributed by atoms with van der Waals surface area (Å²) in [5.41, 5.74) is 5.53. The van der Waals surface area contributed by atoms with E-state index in [9.17, 15) is 14.4 Å². The van der Waals surface area contributed by atoms with Crippen LogP contribution < -0.4 is 5.73 Å².